The Hall–Kier alpha value is -5.70. The van der Waals surface area contributed by atoms with Crippen LogP contribution in [-0.2, 0) is 0 Å². The summed E-state index contributed by atoms with van der Waals surface area (Å²) in [4.78, 5) is 2.49. The summed E-state index contributed by atoms with van der Waals surface area (Å²) in [6, 6.07) is 63.5. The fourth-order valence-corrected chi connectivity index (χ4v) is 11.0. The highest BCUT2D eigenvalue weighted by Crippen LogP contribution is 2.53. The summed E-state index contributed by atoms with van der Waals surface area (Å²) in [7, 11) is 0. The molecular formula is C51H39NS. The first-order valence-corrected chi connectivity index (χ1v) is 20.0. The third-order valence-corrected chi connectivity index (χ3v) is 13.5. The van der Waals surface area contributed by atoms with Gasteiger partial charge in [-0.05, 0) is 117 Å². The summed E-state index contributed by atoms with van der Waals surface area (Å²) in [5.74, 6) is 2.56. The van der Waals surface area contributed by atoms with E-state index in [0.717, 1.165) is 23.4 Å². The lowest BCUT2D eigenvalue weighted by Crippen LogP contribution is -2.11. The number of para-hydroxylation sites is 1. The highest BCUT2D eigenvalue weighted by molar-refractivity contribution is 7.25. The average Bonchev–Trinajstić information content (AvgIpc) is 3.96. The fraction of sp³-hybridized carbons (Fsp3) is 0.137. The van der Waals surface area contributed by atoms with E-state index in [1.165, 1.54) is 101 Å². The molecule has 1 nitrogen and oxygen atoms in total. The second kappa shape index (κ2) is 12.5. The normalized spacial score (nSPS) is 18.1. The molecule has 8 aromatic carbocycles. The molecule has 11 rings (SSSR count). The zero-order valence-electron chi connectivity index (χ0n) is 29.6. The second-order valence-electron chi connectivity index (χ2n) is 15.3. The summed E-state index contributed by atoms with van der Waals surface area (Å²) in [5, 5.41) is 7.79. The highest BCUT2D eigenvalue weighted by atomic mass is 32.1. The van der Waals surface area contributed by atoms with Gasteiger partial charge in [0.1, 0.15) is 0 Å². The summed E-state index contributed by atoms with van der Waals surface area (Å²) in [6.45, 7) is 0. The molecule has 2 aliphatic rings. The molecule has 53 heavy (non-hydrogen) atoms. The number of fused-ring (bicyclic) bond motifs is 7. The van der Waals surface area contributed by atoms with Crippen molar-refractivity contribution in [3.63, 3.8) is 0 Å². The van der Waals surface area contributed by atoms with Crippen LogP contribution in [0, 0.1) is 11.8 Å². The minimum absolute atomic E-state index is 0.732. The first kappa shape index (κ1) is 30.9. The number of rotatable bonds is 6. The van der Waals surface area contributed by atoms with Crippen molar-refractivity contribution < 1.29 is 0 Å². The van der Waals surface area contributed by atoms with Gasteiger partial charge in [0.05, 0.1) is 5.69 Å². The summed E-state index contributed by atoms with van der Waals surface area (Å²) < 4.78 is 2.63. The second-order valence-corrected chi connectivity index (χ2v) is 16.4. The van der Waals surface area contributed by atoms with Crippen LogP contribution in [0.2, 0.25) is 0 Å². The molecule has 0 N–H and O–H groups in total. The minimum Gasteiger partial charge on any atom is -0.310 e. The van der Waals surface area contributed by atoms with Crippen LogP contribution in [-0.4, -0.2) is 0 Å². The Labute approximate surface area is 314 Å². The Balaban J connectivity index is 1.11. The van der Waals surface area contributed by atoms with Crippen molar-refractivity contribution in [1.29, 1.82) is 0 Å². The molecule has 0 amide bonds. The minimum atomic E-state index is 0.732. The van der Waals surface area contributed by atoms with E-state index >= 15 is 0 Å². The maximum atomic E-state index is 2.49. The summed E-state index contributed by atoms with van der Waals surface area (Å²) >= 11 is 1.88. The fourth-order valence-electron chi connectivity index (χ4n) is 9.88. The van der Waals surface area contributed by atoms with Crippen LogP contribution in [0.5, 0.6) is 0 Å². The quantitative estimate of drug-likeness (QED) is 0.167. The molecule has 0 radical (unpaired) electrons. The molecule has 0 aliphatic heterocycles. The predicted octanol–water partition coefficient (Wildman–Crippen LogP) is 15.1. The van der Waals surface area contributed by atoms with Gasteiger partial charge in [-0.3, -0.25) is 0 Å². The lowest BCUT2D eigenvalue weighted by Gasteiger charge is -2.29. The van der Waals surface area contributed by atoms with Crippen molar-refractivity contribution >= 4 is 70.1 Å². The average molecular weight is 698 g/mol. The van der Waals surface area contributed by atoms with Crippen LogP contribution in [0.3, 0.4) is 0 Å². The number of anilines is 3. The third kappa shape index (κ3) is 5.19. The molecule has 2 bridgehead atoms. The van der Waals surface area contributed by atoms with Gasteiger partial charge in [0.25, 0.3) is 0 Å². The van der Waals surface area contributed by atoms with Gasteiger partial charge < -0.3 is 4.90 Å². The van der Waals surface area contributed by atoms with Gasteiger partial charge in [-0.25, -0.2) is 0 Å². The Bertz CT molecular complexity index is 2820. The van der Waals surface area contributed by atoms with Gasteiger partial charge in [-0.15, -0.1) is 11.3 Å². The molecule has 2 saturated carbocycles. The molecule has 0 saturated heterocycles. The number of benzene rings is 8. The van der Waals surface area contributed by atoms with Gasteiger partial charge >= 0.3 is 0 Å². The zero-order chi connectivity index (χ0) is 34.9. The highest BCUT2D eigenvalue weighted by Gasteiger charge is 2.40. The number of thiophene rings is 1. The van der Waals surface area contributed by atoms with E-state index < -0.39 is 0 Å². The van der Waals surface area contributed by atoms with E-state index in [-0.39, 0.29) is 0 Å². The van der Waals surface area contributed by atoms with Crippen LogP contribution in [0.25, 0.3) is 64.0 Å². The maximum absolute atomic E-state index is 2.49. The topological polar surface area (TPSA) is 3.24 Å². The molecule has 2 fully saturated rings. The molecule has 1 aromatic heterocycles. The van der Waals surface area contributed by atoms with Crippen molar-refractivity contribution in [1.82, 2.24) is 0 Å². The van der Waals surface area contributed by atoms with Crippen molar-refractivity contribution in [2.24, 2.45) is 11.8 Å². The van der Waals surface area contributed by atoms with E-state index in [2.05, 4.69) is 175 Å². The maximum Gasteiger partial charge on any atom is 0.0540 e. The summed E-state index contributed by atoms with van der Waals surface area (Å²) in [6.07, 6.45) is 5.66. The zero-order valence-corrected chi connectivity index (χ0v) is 30.4. The molecule has 3 unspecified atom stereocenters. The lowest BCUT2D eigenvalue weighted by atomic mass is 9.83. The Morgan fingerprint density at radius 1 is 0.472 bits per heavy atom. The van der Waals surface area contributed by atoms with Crippen LogP contribution in [0.1, 0.15) is 37.2 Å². The molecule has 2 aliphatic carbocycles. The van der Waals surface area contributed by atoms with Crippen LogP contribution in [0.4, 0.5) is 17.1 Å². The van der Waals surface area contributed by atoms with Gasteiger partial charge in [-0.1, -0.05) is 140 Å². The molecular weight excluding hydrogens is 659 g/mol. The standard InChI is InChI=1S/C51H39NS/c1-2-10-34(11-3-1)42-16-8-12-35-13-9-17-46(51(35)42)43-14-4-6-18-48(43)52(41-26-27-45-44-15-5-7-19-49(44)53-50(45)32-41)40-25-24-36-30-39(23-22-37(36)31-40)47-29-33-20-21-38(47)28-33/h1-19,22-27,30-33,38,47H,20-21,28-29H2. The van der Waals surface area contributed by atoms with Crippen molar-refractivity contribution in [3.8, 4) is 22.3 Å². The predicted molar refractivity (Wildman–Crippen MR) is 228 cm³/mol. The van der Waals surface area contributed by atoms with Crippen molar-refractivity contribution in [3.05, 3.63) is 175 Å². The van der Waals surface area contributed by atoms with Crippen LogP contribution >= 0.6 is 11.3 Å². The molecule has 0 spiro atoms. The number of hydrogen-bond acceptors (Lipinski definition) is 2. The summed E-state index contributed by atoms with van der Waals surface area (Å²) in [5.41, 5.74) is 9.98. The Morgan fingerprint density at radius 2 is 1.19 bits per heavy atom. The first-order chi connectivity index (χ1) is 26.2. The number of hydrogen-bond donors (Lipinski definition) is 0. The van der Waals surface area contributed by atoms with Gasteiger partial charge in [-0.2, -0.15) is 0 Å². The molecule has 9 aromatic rings. The molecule has 3 atom stereocenters. The number of nitrogens with zero attached hydrogens (tertiary/aromatic N) is 1. The first-order valence-electron chi connectivity index (χ1n) is 19.2. The van der Waals surface area contributed by atoms with E-state index in [1.807, 2.05) is 11.3 Å². The van der Waals surface area contributed by atoms with Gasteiger partial charge in [0.15, 0.2) is 0 Å². The van der Waals surface area contributed by atoms with E-state index in [4.69, 9.17) is 0 Å². The van der Waals surface area contributed by atoms with Crippen molar-refractivity contribution in [2.45, 2.75) is 31.6 Å². The molecule has 254 valence electrons. The van der Waals surface area contributed by atoms with E-state index in [9.17, 15) is 0 Å². The van der Waals surface area contributed by atoms with Crippen molar-refractivity contribution in [2.75, 3.05) is 4.90 Å². The van der Waals surface area contributed by atoms with Gasteiger partial charge in [0, 0.05) is 37.1 Å². The smallest absolute Gasteiger partial charge is 0.0540 e. The van der Waals surface area contributed by atoms with Crippen LogP contribution < -0.4 is 4.90 Å². The van der Waals surface area contributed by atoms with E-state index in [1.54, 1.807) is 5.56 Å². The largest absolute Gasteiger partial charge is 0.310 e. The van der Waals surface area contributed by atoms with Crippen LogP contribution in [0.15, 0.2) is 170 Å². The van der Waals surface area contributed by atoms with Gasteiger partial charge in [0.2, 0.25) is 0 Å². The lowest BCUT2D eigenvalue weighted by molar-refractivity contribution is 0.420. The Kier molecular flexibility index (Phi) is 7.26. The van der Waals surface area contributed by atoms with E-state index in [0.29, 0.717) is 0 Å². The molecule has 2 heteroatoms. The monoisotopic (exact) mass is 697 g/mol. The molecule has 1 heterocycles. The third-order valence-electron chi connectivity index (χ3n) is 12.3. The Morgan fingerprint density at radius 3 is 2.06 bits per heavy atom. The SMILES string of the molecule is c1ccc(-c2cccc3cccc(-c4ccccc4N(c4ccc5cc(C6CC7CCC6C7)ccc5c4)c4ccc5c(c4)sc4ccccc45)c23)cc1.